The normalized spacial score (nSPS) is 14.3. The highest BCUT2D eigenvalue weighted by molar-refractivity contribution is 7.99. The Bertz CT molecular complexity index is 789. The van der Waals surface area contributed by atoms with Gasteiger partial charge in [-0.25, -0.2) is 0 Å². The predicted molar refractivity (Wildman–Crippen MR) is 94.8 cm³/mol. The third-order valence-corrected chi connectivity index (χ3v) is 6.42. The van der Waals surface area contributed by atoms with E-state index in [0.29, 0.717) is 11.8 Å². The SMILES string of the molecule is O=C(CSc1nnc(Cc2cccs2)n1C1CC1)c1cccs1. The summed E-state index contributed by atoms with van der Waals surface area (Å²) in [5.41, 5.74) is 0. The molecule has 4 nitrogen and oxygen atoms in total. The summed E-state index contributed by atoms with van der Waals surface area (Å²) in [7, 11) is 0. The second kappa shape index (κ2) is 6.59. The van der Waals surface area contributed by atoms with E-state index in [-0.39, 0.29) is 5.78 Å². The molecule has 0 aromatic carbocycles. The van der Waals surface area contributed by atoms with Crippen molar-refractivity contribution in [2.75, 3.05) is 5.75 Å². The molecule has 0 bridgehead atoms. The third kappa shape index (κ3) is 3.41. The van der Waals surface area contributed by atoms with E-state index in [1.54, 1.807) is 11.3 Å². The molecule has 118 valence electrons. The highest BCUT2D eigenvalue weighted by Crippen LogP contribution is 2.39. The van der Waals surface area contributed by atoms with Gasteiger partial charge in [-0.15, -0.1) is 32.9 Å². The van der Waals surface area contributed by atoms with Gasteiger partial charge in [0.25, 0.3) is 0 Å². The molecule has 0 unspecified atom stereocenters. The third-order valence-electron chi connectivity index (χ3n) is 3.69. The number of aromatic nitrogens is 3. The average molecular weight is 362 g/mol. The summed E-state index contributed by atoms with van der Waals surface area (Å²) in [4.78, 5) is 14.3. The van der Waals surface area contributed by atoms with Crippen molar-refractivity contribution in [3.63, 3.8) is 0 Å². The summed E-state index contributed by atoms with van der Waals surface area (Å²) in [6.07, 6.45) is 3.18. The number of carbonyl (C=O) groups excluding carboxylic acids is 1. The van der Waals surface area contributed by atoms with Crippen LogP contribution in [0.15, 0.2) is 40.2 Å². The van der Waals surface area contributed by atoms with Gasteiger partial charge in [-0.2, -0.15) is 0 Å². The molecular weight excluding hydrogens is 346 g/mol. The highest BCUT2D eigenvalue weighted by atomic mass is 32.2. The van der Waals surface area contributed by atoms with Crippen LogP contribution in [0.5, 0.6) is 0 Å². The van der Waals surface area contributed by atoms with Crippen LogP contribution >= 0.6 is 34.4 Å². The van der Waals surface area contributed by atoms with Gasteiger partial charge in [-0.3, -0.25) is 4.79 Å². The van der Waals surface area contributed by atoms with E-state index in [1.165, 1.54) is 40.8 Å². The Balaban J connectivity index is 1.50. The maximum Gasteiger partial charge on any atom is 0.191 e. The molecule has 1 saturated carbocycles. The fraction of sp³-hybridized carbons (Fsp3) is 0.312. The molecule has 3 heterocycles. The zero-order chi connectivity index (χ0) is 15.6. The van der Waals surface area contributed by atoms with Crippen LogP contribution in [-0.4, -0.2) is 26.3 Å². The van der Waals surface area contributed by atoms with E-state index in [4.69, 9.17) is 0 Å². The van der Waals surface area contributed by atoms with E-state index in [2.05, 4.69) is 32.3 Å². The molecule has 0 spiro atoms. The maximum atomic E-state index is 12.2. The fourth-order valence-electron chi connectivity index (χ4n) is 2.43. The second-order valence-corrected chi connectivity index (χ2v) is 8.37. The first-order valence-electron chi connectivity index (χ1n) is 7.47. The number of rotatable bonds is 7. The minimum absolute atomic E-state index is 0.162. The number of hydrogen-bond donors (Lipinski definition) is 0. The predicted octanol–water partition coefficient (Wildman–Crippen LogP) is 4.30. The van der Waals surface area contributed by atoms with E-state index < -0.39 is 0 Å². The number of thioether (sulfide) groups is 1. The average Bonchev–Trinajstić information content (AvgIpc) is 3.02. The molecule has 1 aliphatic carbocycles. The summed E-state index contributed by atoms with van der Waals surface area (Å²) in [6, 6.07) is 8.49. The van der Waals surface area contributed by atoms with Gasteiger partial charge in [0.05, 0.1) is 10.6 Å². The van der Waals surface area contributed by atoms with E-state index in [1.807, 2.05) is 17.5 Å². The minimum atomic E-state index is 0.162. The highest BCUT2D eigenvalue weighted by Gasteiger charge is 2.30. The molecule has 3 aromatic heterocycles. The van der Waals surface area contributed by atoms with Gasteiger partial charge in [-0.1, -0.05) is 23.9 Å². The number of Topliss-reactive ketones (excluding diaryl/α,β-unsaturated/α-hetero) is 1. The number of hydrogen-bond acceptors (Lipinski definition) is 6. The van der Waals surface area contributed by atoms with Crippen molar-refractivity contribution in [2.24, 2.45) is 0 Å². The van der Waals surface area contributed by atoms with Crippen molar-refractivity contribution >= 4 is 40.2 Å². The molecule has 1 aliphatic rings. The summed E-state index contributed by atoms with van der Waals surface area (Å²) in [5.74, 6) is 1.60. The summed E-state index contributed by atoms with van der Waals surface area (Å²) < 4.78 is 2.24. The van der Waals surface area contributed by atoms with E-state index >= 15 is 0 Å². The van der Waals surface area contributed by atoms with Crippen molar-refractivity contribution in [1.29, 1.82) is 0 Å². The molecule has 0 amide bonds. The first-order chi connectivity index (χ1) is 11.3. The molecular formula is C16H15N3OS3. The van der Waals surface area contributed by atoms with Gasteiger partial charge >= 0.3 is 0 Å². The Labute approximate surface area is 146 Å². The maximum absolute atomic E-state index is 12.2. The minimum Gasteiger partial charge on any atom is -0.303 e. The molecule has 4 rings (SSSR count). The molecule has 0 saturated heterocycles. The molecule has 7 heteroatoms. The topological polar surface area (TPSA) is 47.8 Å². The number of ketones is 1. The molecule has 0 aliphatic heterocycles. The zero-order valence-electron chi connectivity index (χ0n) is 12.3. The lowest BCUT2D eigenvalue weighted by Gasteiger charge is -2.07. The monoisotopic (exact) mass is 361 g/mol. The van der Waals surface area contributed by atoms with Crippen LogP contribution in [0.4, 0.5) is 0 Å². The molecule has 23 heavy (non-hydrogen) atoms. The van der Waals surface area contributed by atoms with Crippen molar-refractivity contribution in [2.45, 2.75) is 30.5 Å². The van der Waals surface area contributed by atoms with Gasteiger partial charge in [0.1, 0.15) is 5.82 Å². The number of thiophene rings is 2. The lowest BCUT2D eigenvalue weighted by Crippen LogP contribution is -2.05. The molecule has 0 radical (unpaired) electrons. The molecule has 0 N–H and O–H groups in total. The van der Waals surface area contributed by atoms with Crippen molar-refractivity contribution < 1.29 is 4.79 Å². The quantitative estimate of drug-likeness (QED) is 0.465. The van der Waals surface area contributed by atoms with Crippen LogP contribution in [0.2, 0.25) is 0 Å². The molecule has 3 aromatic rings. The van der Waals surface area contributed by atoms with Crippen LogP contribution in [0.1, 0.15) is 39.3 Å². The Morgan fingerprint density at radius 2 is 2.04 bits per heavy atom. The lowest BCUT2D eigenvalue weighted by atomic mass is 10.3. The van der Waals surface area contributed by atoms with Crippen LogP contribution in [0.25, 0.3) is 0 Å². The van der Waals surface area contributed by atoms with Gasteiger partial charge in [0.2, 0.25) is 0 Å². The Kier molecular flexibility index (Phi) is 4.33. The zero-order valence-corrected chi connectivity index (χ0v) is 14.8. The van der Waals surface area contributed by atoms with Gasteiger partial charge in [0.15, 0.2) is 10.9 Å². The van der Waals surface area contributed by atoms with Crippen molar-refractivity contribution in [3.8, 4) is 0 Å². The van der Waals surface area contributed by atoms with E-state index in [9.17, 15) is 4.79 Å². The van der Waals surface area contributed by atoms with Crippen molar-refractivity contribution in [3.05, 3.63) is 50.6 Å². The Hall–Kier alpha value is -1.44. The first-order valence-corrected chi connectivity index (χ1v) is 10.2. The Morgan fingerprint density at radius 1 is 1.22 bits per heavy atom. The first kappa shape index (κ1) is 15.1. The standard InChI is InChI=1S/C16H15N3OS3/c20-13(14-4-2-8-22-14)10-23-16-18-17-15(19(16)11-5-6-11)9-12-3-1-7-21-12/h1-4,7-8,11H,5-6,9-10H2. The summed E-state index contributed by atoms with van der Waals surface area (Å²) in [6.45, 7) is 0. The Morgan fingerprint density at radius 3 is 2.74 bits per heavy atom. The second-order valence-electron chi connectivity index (χ2n) is 5.45. The van der Waals surface area contributed by atoms with Gasteiger partial charge in [0, 0.05) is 17.3 Å². The smallest absolute Gasteiger partial charge is 0.191 e. The van der Waals surface area contributed by atoms with Crippen LogP contribution in [-0.2, 0) is 6.42 Å². The largest absolute Gasteiger partial charge is 0.303 e. The van der Waals surface area contributed by atoms with Crippen molar-refractivity contribution in [1.82, 2.24) is 14.8 Å². The van der Waals surface area contributed by atoms with Gasteiger partial charge < -0.3 is 4.57 Å². The fourth-order valence-corrected chi connectivity index (χ4v) is 4.80. The van der Waals surface area contributed by atoms with Gasteiger partial charge in [-0.05, 0) is 35.7 Å². The van der Waals surface area contributed by atoms with Crippen LogP contribution in [0, 0.1) is 0 Å². The number of carbonyl (C=O) groups is 1. The van der Waals surface area contributed by atoms with E-state index in [0.717, 1.165) is 22.3 Å². The molecule has 0 atom stereocenters. The lowest BCUT2D eigenvalue weighted by molar-refractivity contribution is 0.102. The summed E-state index contributed by atoms with van der Waals surface area (Å²) >= 11 is 4.74. The summed E-state index contributed by atoms with van der Waals surface area (Å²) in [5, 5.41) is 13.6. The number of nitrogens with zero attached hydrogens (tertiary/aromatic N) is 3. The van der Waals surface area contributed by atoms with Crippen LogP contribution in [0.3, 0.4) is 0 Å². The molecule has 1 fully saturated rings. The van der Waals surface area contributed by atoms with Crippen LogP contribution < -0.4 is 0 Å².